The number of nitrogens with one attached hydrogen (secondary N) is 1. The summed E-state index contributed by atoms with van der Waals surface area (Å²) in [6.07, 6.45) is 2.93. The van der Waals surface area contributed by atoms with E-state index in [1.807, 2.05) is 4.90 Å². The van der Waals surface area contributed by atoms with Crippen LogP contribution in [-0.2, 0) is 14.3 Å². The van der Waals surface area contributed by atoms with Gasteiger partial charge < -0.3 is 15.0 Å². The van der Waals surface area contributed by atoms with Crippen molar-refractivity contribution in [2.24, 2.45) is 0 Å². The summed E-state index contributed by atoms with van der Waals surface area (Å²) in [5.74, 6) is 0.118. The van der Waals surface area contributed by atoms with Crippen LogP contribution in [0.4, 0.5) is 0 Å². The molecule has 1 aliphatic heterocycles. The highest BCUT2D eigenvalue weighted by Gasteiger charge is 2.21. The fraction of sp³-hybridized carbons (Fsp3) is 0.800. The van der Waals surface area contributed by atoms with Gasteiger partial charge in [-0.1, -0.05) is 0 Å². The van der Waals surface area contributed by atoms with E-state index >= 15 is 0 Å². The van der Waals surface area contributed by atoms with Crippen molar-refractivity contribution in [3.8, 4) is 0 Å². The highest BCUT2D eigenvalue weighted by atomic mass is 16.5. The lowest BCUT2D eigenvalue weighted by atomic mass is 10.2. The van der Waals surface area contributed by atoms with Gasteiger partial charge >= 0.3 is 0 Å². The quantitative estimate of drug-likeness (QED) is 0.621. The van der Waals surface area contributed by atoms with Crippen molar-refractivity contribution >= 4 is 12.3 Å². The maximum atomic E-state index is 11.7. The molecule has 1 aliphatic rings. The van der Waals surface area contributed by atoms with Gasteiger partial charge in [-0.05, 0) is 12.8 Å². The van der Waals surface area contributed by atoms with Crippen LogP contribution in [-0.4, -0.2) is 50.1 Å². The maximum absolute atomic E-state index is 11.7. The average molecular weight is 214 g/mol. The van der Waals surface area contributed by atoms with Gasteiger partial charge in [0, 0.05) is 26.7 Å². The highest BCUT2D eigenvalue weighted by Crippen LogP contribution is 2.10. The summed E-state index contributed by atoms with van der Waals surface area (Å²) in [5, 5.41) is 2.52. The van der Waals surface area contributed by atoms with Gasteiger partial charge in [0.25, 0.3) is 0 Å². The Bertz CT molecular complexity index is 215. The smallest absolute Gasteiger partial charge is 0.225 e. The molecule has 86 valence electrons. The molecular formula is C10H18N2O3. The Morgan fingerprint density at radius 3 is 2.73 bits per heavy atom. The van der Waals surface area contributed by atoms with Crippen molar-refractivity contribution in [2.45, 2.75) is 25.4 Å². The highest BCUT2D eigenvalue weighted by molar-refractivity contribution is 5.77. The lowest BCUT2D eigenvalue weighted by Gasteiger charge is -2.19. The molecule has 1 rings (SSSR count). The van der Waals surface area contributed by atoms with E-state index in [-0.39, 0.29) is 12.0 Å². The van der Waals surface area contributed by atoms with Gasteiger partial charge in [-0.15, -0.1) is 0 Å². The van der Waals surface area contributed by atoms with Crippen LogP contribution in [0.1, 0.15) is 19.3 Å². The van der Waals surface area contributed by atoms with Crippen LogP contribution in [0.15, 0.2) is 0 Å². The number of hydrogen-bond acceptors (Lipinski definition) is 3. The summed E-state index contributed by atoms with van der Waals surface area (Å²) in [7, 11) is 1.55. The van der Waals surface area contributed by atoms with Crippen LogP contribution in [0.2, 0.25) is 0 Å². The van der Waals surface area contributed by atoms with Crippen LogP contribution >= 0.6 is 0 Å². The van der Waals surface area contributed by atoms with Crippen LogP contribution in [0.5, 0.6) is 0 Å². The first-order chi connectivity index (χ1) is 7.27. The molecule has 0 saturated carbocycles. The minimum atomic E-state index is -0.219. The molecule has 2 amide bonds. The average Bonchev–Trinajstić information content (AvgIpc) is 2.77. The standard InChI is InChI=1S/C10H18N2O3/c1-15-9(7-11-8-13)6-10(14)12-4-2-3-5-12/h8-9H,2-7H2,1H3,(H,11,13). The molecule has 1 atom stereocenters. The number of rotatable bonds is 6. The molecule has 0 aromatic rings. The second-order valence-corrected chi connectivity index (χ2v) is 3.68. The molecule has 0 radical (unpaired) electrons. The Labute approximate surface area is 89.8 Å². The van der Waals surface area contributed by atoms with Crippen LogP contribution in [0.25, 0.3) is 0 Å². The van der Waals surface area contributed by atoms with Gasteiger partial charge in [-0.3, -0.25) is 9.59 Å². The normalized spacial score (nSPS) is 17.5. The van der Waals surface area contributed by atoms with Crippen molar-refractivity contribution < 1.29 is 14.3 Å². The Morgan fingerprint density at radius 1 is 1.53 bits per heavy atom. The fourth-order valence-electron chi connectivity index (χ4n) is 1.71. The number of nitrogens with zero attached hydrogens (tertiary/aromatic N) is 1. The molecule has 0 aromatic carbocycles. The lowest BCUT2D eigenvalue weighted by molar-refractivity contribution is -0.132. The van der Waals surface area contributed by atoms with Crippen molar-refractivity contribution in [1.29, 1.82) is 0 Å². The summed E-state index contributed by atoms with van der Waals surface area (Å²) < 4.78 is 5.11. The van der Waals surface area contributed by atoms with Crippen molar-refractivity contribution in [1.82, 2.24) is 10.2 Å². The Balaban J connectivity index is 2.29. The summed E-state index contributed by atoms with van der Waals surface area (Å²) in [5.41, 5.74) is 0. The predicted molar refractivity (Wildman–Crippen MR) is 55.3 cm³/mol. The molecule has 0 aromatic heterocycles. The molecule has 1 N–H and O–H groups in total. The number of amides is 2. The number of methoxy groups -OCH3 is 1. The molecule has 1 fully saturated rings. The number of ether oxygens (including phenoxy) is 1. The Morgan fingerprint density at radius 2 is 2.20 bits per heavy atom. The zero-order chi connectivity index (χ0) is 11.1. The number of hydrogen-bond donors (Lipinski definition) is 1. The Kier molecular flexibility index (Phi) is 5.10. The minimum absolute atomic E-state index is 0.118. The molecule has 1 unspecified atom stereocenters. The van der Waals surface area contributed by atoms with Crippen molar-refractivity contribution in [3.63, 3.8) is 0 Å². The fourth-order valence-corrected chi connectivity index (χ4v) is 1.71. The van der Waals surface area contributed by atoms with Gasteiger partial charge in [0.05, 0.1) is 12.5 Å². The zero-order valence-corrected chi connectivity index (χ0v) is 9.07. The van der Waals surface area contributed by atoms with E-state index in [1.165, 1.54) is 0 Å². The first kappa shape index (κ1) is 12.0. The molecule has 0 bridgehead atoms. The third kappa shape index (κ3) is 3.87. The number of likely N-dealkylation sites (tertiary alicyclic amines) is 1. The summed E-state index contributed by atoms with van der Waals surface area (Å²) in [6.45, 7) is 2.10. The maximum Gasteiger partial charge on any atom is 0.225 e. The van der Waals surface area contributed by atoms with Gasteiger partial charge in [-0.25, -0.2) is 0 Å². The zero-order valence-electron chi connectivity index (χ0n) is 9.07. The summed E-state index contributed by atoms with van der Waals surface area (Å²) in [6, 6.07) is 0. The molecule has 1 heterocycles. The predicted octanol–water partition coefficient (Wildman–Crippen LogP) is -0.240. The number of carbonyl (C=O) groups is 2. The van der Waals surface area contributed by atoms with E-state index in [4.69, 9.17) is 4.74 Å². The van der Waals surface area contributed by atoms with Crippen molar-refractivity contribution in [2.75, 3.05) is 26.7 Å². The van der Waals surface area contributed by atoms with Crippen molar-refractivity contribution in [3.05, 3.63) is 0 Å². The van der Waals surface area contributed by atoms with Gasteiger partial charge in [-0.2, -0.15) is 0 Å². The monoisotopic (exact) mass is 214 g/mol. The molecule has 15 heavy (non-hydrogen) atoms. The van der Waals surface area contributed by atoms with Gasteiger partial charge in [0.15, 0.2) is 0 Å². The summed E-state index contributed by atoms with van der Waals surface area (Å²) >= 11 is 0. The second kappa shape index (κ2) is 6.40. The van der Waals surface area contributed by atoms with E-state index in [0.29, 0.717) is 19.4 Å². The molecule has 1 saturated heterocycles. The topological polar surface area (TPSA) is 58.6 Å². The van der Waals surface area contributed by atoms with Crippen LogP contribution in [0, 0.1) is 0 Å². The molecule has 0 spiro atoms. The lowest BCUT2D eigenvalue weighted by Crippen LogP contribution is -2.35. The van der Waals surface area contributed by atoms with E-state index in [1.54, 1.807) is 7.11 Å². The number of carbonyl (C=O) groups excluding carboxylic acids is 2. The third-order valence-corrected chi connectivity index (χ3v) is 2.62. The largest absolute Gasteiger partial charge is 0.379 e. The van der Waals surface area contributed by atoms with Crippen LogP contribution < -0.4 is 5.32 Å². The van der Waals surface area contributed by atoms with E-state index in [9.17, 15) is 9.59 Å². The molecule has 0 aliphatic carbocycles. The third-order valence-electron chi connectivity index (χ3n) is 2.62. The van der Waals surface area contributed by atoms with E-state index in [0.717, 1.165) is 25.9 Å². The first-order valence-electron chi connectivity index (χ1n) is 5.25. The Hall–Kier alpha value is -1.10. The van der Waals surface area contributed by atoms with E-state index in [2.05, 4.69) is 5.32 Å². The van der Waals surface area contributed by atoms with Gasteiger partial charge in [0.1, 0.15) is 0 Å². The molecular weight excluding hydrogens is 196 g/mol. The van der Waals surface area contributed by atoms with Gasteiger partial charge in [0.2, 0.25) is 12.3 Å². The second-order valence-electron chi connectivity index (χ2n) is 3.68. The molecule has 5 heteroatoms. The minimum Gasteiger partial charge on any atom is -0.379 e. The first-order valence-corrected chi connectivity index (χ1v) is 5.25. The van der Waals surface area contributed by atoms with Crippen LogP contribution in [0.3, 0.4) is 0 Å². The molecule has 5 nitrogen and oxygen atoms in total. The summed E-state index contributed by atoms with van der Waals surface area (Å²) in [4.78, 5) is 23.7. The van der Waals surface area contributed by atoms with E-state index < -0.39 is 0 Å². The SMILES string of the molecule is COC(CNC=O)CC(=O)N1CCCC1.